The summed E-state index contributed by atoms with van der Waals surface area (Å²) in [5.41, 5.74) is 1.45. The minimum Gasteiger partial charge on any atom is -0.406 e. The van der Waals surface area contributed by atoms with Crippen molar-refractivity contribution in [3.05, 3.63) is 72.4 Å². The Bertz CT molecular complexity index is 898. The molecule has 5 nitrogen and oxygen atoms in total. The van der Waals surface area contributed by atoms with Crippen LogP contribution in [0.2, 0.25) is 0 Å². The fraction of sp³-hybridized carbons (Fsp3) is 0.0556. The number of hydrogen-bond donors (Lipinski definition) is 1. The third-order valence-corrected chi connectivity index (χ3v) is 3.30. The fourth-order valence-electron chi connectivity index (χ4n) is 2.17. The van der Waals surface area contributed by atoms with Gasteiger partial charge in [0.15, 0.2) is 0 Å². The zero-order chi connectivity index (χ0) is 18.6. The maximum atomic E-state index is 12.2. The maximum Gasteiger partial charge on any atom is 0.573 e. The first-order chi connectivity index (χ1) is 12.4. The Morgan fingerprint density at radius 1 is 0.962 bits per heavy atom. The number of benzene rings is 2. The second-order valence-electron chi connectivity index (χ2n) is 5.16. The van der Waals surface area contributed by atoms with Crippen LogP contribution in [-0.4, -0.2) is 22.2 Å². The van der Waals surface area contributed by atoms with Crippen LogP contribution >= 0.6 is 0 Å². The quantitative estimate of drug-likeness (QED) is 0.755. The van der Waals surface area contributed by atoms with E-state index < -0.39 is 6.36 Å². The SMILES string of the molecule is O=C(Nc1nccc(-c2ccc(OC(F)(F)F)cc2)n1)c1ccccc1. The van der Waals surface area contributed by atoms with E-state index in [2.05, 4.69) is 20.0 Å². The van der Waals surface area contributed by atoms with Crippen molar-refractivity contribution >= 4 is 11.9 Å². The number of nitrogens with one attached hydrogen (secondary N) is 1. The summed E-state index contributed by atoms with van der Waals surface area (Å²) < 4.78 is 40.4. The highest BCUT2D eigenvalue weighted by Gasteiger charge is 2.30. The standard InChI is InChI=1S/C18H12F3N3O2/c19-18(20,21)26-14-8-6-12(7-9-14)15-10-11-22-17(23-15)24-16(25)13-4-2-1-3-5-13/h1-11H,(H,22,23,24,25). The van der Waals surface area contributed by atoms with Gasteiger partial charge in [-0.1, -0.05) is 18.2 Å². The summed E-state index contributed by atoms with van der Waals surface area (Å²) in [6, 6.07) is 15.4. The highest BCUT2D eigenvalue weighted by Crippen LogP contribution is 2.26. The lowest BCUT2D eigenvalue weighted by Gasteiger charge is -2.09. The van der Waals surface area contributed by atoms with Gasteiger partial charge < -0.3 is 4.74 Å². The molecule has 26 heavy (non-hydrogen) atoms. The Kier molecular flexibility index (Phi) is 4.83. The van der Waals surface area contributed by atoms with Gasteiger partial charge in [-0.15, -0.1) is 13.2 Å². The second-order valence-corrected chi connectivity index (χ2v) is 5.16. The summed E-state index contributed by atoms with van der Waals surface area (Å²) >= 11 is 0. The molecule has 8 heteroatoms. The van der Waals surface area contributed by atoms with Gasteiger partial charge in [-0.05, 0) is 42.5 Å². The fourth-order valence-corrected chi connectivity index (χ4v) is 2.17. The maximum absolute atomic E-state index is 12.2. The van der Waals surface area contributed by atoms with Crippen molar-refractivity contribution in [3.8, 4) is 17.0 Å². The predicted molar refractivity (Wildman–Crippen MR) is 88.5 cm³/mol. The third-order valence-electron chi connectivity index (χ3n) is 3.30. The number of anilines is 1. The van der Waals surface area contributed by atoms with Crippen LogP contribution < -0.4 is 10.1 Å². The summed E-state index contributed by atoms with van der Waals surface area (Å²) in [4.78, 5) is 20.3. The monoisotopic (exact) mass is 359 g/mol. The topological polar surface area (TPSA) is 64.1 Å². The van der Waals surface area contributed by atoms with Crippen LogP contribution in [0.15, 0.2) is 66.9 Å². The van der Waals surface area contributed by atoms with Crippen molar-refractivity contribution < 1.29 is 22.7 Å². The molecule has 0 aliphatic carbocycles. The number of hydrogen-bond acceptors (Lipinski definition) is 4. The number of rotatable bonds is 4. The molecule has 1 amide bonds. The molecule has 0 aliphatic heterocycles. The lowest BCUT2D eigenvalue weighted by atomic mass is 10.1. The van der Waals surface area contributed by atoms with Crippen LogP contribution in [0.5, 0.6) is 5.75 Å². The highest BCUT2D eigenvalue weighted by atomic mass is 19.4. The van der Waals surface area contributed by atoms with Crippen molar-refractivity contribution in [1.29, 1.82) is 0 Å². The first kappa shape index (κ1) is 17.4. The summed E-state index contributed by atoms with van der Waals surface area (Å²) in [5.74, 6) is -0.600. The van der Waals surface area contributed by atoms with E-state index in [1.807, 2.05) is 0 Å². The van der Waals surface area contributed by atoms with Crippen LogP contribution in [0.4, 0.5) is 19.1 Å². The summed E-state index contributed by atoms with van der Waals surface area (Å²) in [6.07, 6.45) is -3.30. The van der Waals surface area contributed by atoms with E-state index >= 15 is 0 Å². The molecule has 0 bridgehead atoms. The Hall–Kier alpha value is -3.42. The van der Waals surface area contributed by atoms with Crippen LogP contribution in [-0.2, 0) is 0 Å². The Labute approximate surface area is 146 Å². The molecule has 1 N–H and O–H groups in total. The number of carbonyl (C=O) groups is 1. The molecule has 0 spiro atoms. The van der Waals surface area contributed by atoms with Gasteiger partial charge in [0, 0.05) is 17.3 Å². The van der Waals surface area contributed by atoms with E-state index in [0.717, 1.165) is 0 Å². The van der Waals surface area contributed by atoms with Crippen molar-refractivity contribution in [1.82, 2.24) is 9.97 Å². The molecule has 0 atom stereocenters. The number of aromatic nitrogens is 2. The summed E-state index contributed by atoms with van der Waals surface area (Å²) in [7, 11) is 0. The third kappa shape index (κ3) is 4.56. The van der Waals surface area contributed by atoms with Crippen LogP contribution in [0.1, 0.15) is 10.4 Å². The minimum atomic E-state index is -4.74. The smallest absolute Gasteiger partial charge is 0.406 e. The molecule has 0 fully saturated rings. The molecule has 0 radical (unpaired) electrons. The lowest BCUT2D eigenvalue weighted by molar-refractivity contribution is -0.274. The van der Waals surface area contributed by atoms with Crippen molar-refractivity contribution in [2.24, 2.45) is 0 Å². The van der Waals surface area contributed by atoms with E-state index in [4.69, 9.17) is 0 Å². The van der Waals surface area contributed by atoms with Gasteiger partial charge in [0.2, 0.25) is 5.95 Å². The normalized spacial score (nSPS) is 11.0. The molecule has 0 saturated heterocycles. The summed E-state index contributed by atoms with van der Waals surface area (Å²) in [6.45, 7) is 0. The largest absolute Gasteiger partial charge is 0.573 e. The first-order valence-corrected chi connectivity index (χ1v) is 7.46. The van der Waals surface area contributed by atoms with Gasteiger partial charge in [-0.3, -0.25) is 10.1 Å². The van der Waals surface area contributed by atoms with Gasteiger partial charge in [0.05, 0.1) is 5.69 Å². The molecular weight excluding hydrogens is 347 g/mol. The van der Waals surface area contributed by atoms with E-state index in [-0.39, 0.29) is 17.6 Å². The summed E-state index contributed by atoms with van der Waals surface area (Å²) in [5, 5.41) is 2.58. The zero-order valence-electron chi connectivity index (χ0n) is 13.2. The molecule has 3 aromatic rings. The van der Waals surface area contributed by atoms with Gasteiger partial charge in [0.1, 0.15) is 5.75 Å². The number of halogens is 3. The number of alkyl halides is 3. The number of carbonyl (C=O) groups excluding carboxylic acids is 1. The molecular formula is C18H12F3N3O2. The van der Waals surface area contributed by atoms with E-state index in [0.29, 0.717) is 16.8 Å². The van der Waals surface area contributed by atoms with Gasteiger partial charge in [0.25, 0.3) is 5.91 Å². The Morgan fingerprint density at radius 2 is 1.65 bits per heavy atom. The molecule has 1 heterocycles. The molecule has 0 unspecified atom stereocenters. The molecule has 0 saturated carbocycles. The van der Waals surface area contributed by atoms with E-state index in [1.165, 1.54) is 30.5 Å². The van der Waals surface area contributed by atoms with Crippen LogP contribution in [0.3, 0.4) is 0 Å². The van der Waals surface area contributed by atoms with Gasteiger partial charge >= 0.3 is 6.36 Å². The highest BCUT2D eigenvalue weighted by molar-refractivity contribution is 6.03. The lowest BCUT2D eigenvalue weighted by Crippen LogP contribution is -2.16. The van der Waals surface area contributed by atoms with Crippen LogP contribution in [0.25, 0.3) is 11.3 Å². The number of amides is 1. The van der Waals surface area contributed by atoms with Crippen molar-refractivity contribution in [2.45, 2.75) is 6.36 Å². The van der Waals surface area contributed by atoms with Crippen molar-refractivity contribution in [2.75, 3.05) is 5.32 Å². The van der Waals surface area contributed by atoms with Crippen molar-refractivity contribution in [3.63, 3.8) is 0 Å². The average molecular weight is 359 g/mol. The predicted octanol–water partition coefficient (Wildman–Crippen LogP) is 4.29. The van der Waals surface area contributed by atoms with Crippen LogP contribution in [0, 0.1) is 0 Å². The van der Waals surface area contributed by atoms with Gasteiger partial charge in [-0.2, -0.15) is 0 Å². The molecule has 132 valence electrons. The van der Waals surface area contributed by atoms with Gasteiger partial charge in [-0.25, -0.2) is 9.97 Å². The Morgan fingerprint density at radius 3 is 2.31 bits per heavy atom. The second kappa shape index (κ2) is 7.22. The Balaban J connectivity index is 1.76. The average Bonchev–Trinajstić information content (AvgIpc) is 2.62. The number of nitrogens with zero attached hydrogens (tertiary/aromatic N) is 2. The number of ether oxygens (including phenoxy) is 1. The van der Waals surface area contributed by atoms with E-state index in [9.17, 15) is 18.0 Å². The first-order valence-electron chi connectivity index (χ1n) is 7.46. The zero-order valence-corrected chi connectivity index (χ0v) is 13.2. The molecule has 2 aromatic carbocycles. The molecule has 3 rings (SSSR count). The minimum absolute atomic E-state index is 0.0898. The van der Waals surface area contributed by atoms with E-state index in [1.54, 1.807) is 36.4 Å². The molecule has 0 aliphatic rings. The molecule has 1 aromatic heterocycles.